The van der Waals surface area contributed by atoms with Gasteiger partial charge in [0.15, 0.2) is 6.61 Å². The number of carbonyl (C=O) groups excluding carboxylic acids is 2. The van der Waals surface area contributed by atoms with Gasteiger partial charge in [-0.15, -0.1) is 23.2 Å². The fourth-order valence-electron chi connectivity index (χ4n) is 1.63. The van der Waals surface area contributed by atoms with Crippen LogP contribution in [0.3, 0.4) is 0 Å². The minimum atomic E-state index is -1.08. The van der Waals surface area contributed by atoms with Gasteiger partial charge in [-0.3, -0.25) is 9.59 Å². The molecule has 0 heterocycles. The van der Waals surface area contributed by atoms with Gasteiger partial charge in [-0.25, -0.2) is 0 Å². The van der Waals surface area contributed by atoms with Crippen LogP contribution in [0.2, 0.25) is 0 Å². The molecule has 0 bridgehead atoms. The highest BCUT2D eigenvalue weighted by Gasteiger charge is 2.69. The van der Waals surface area contributed by atoms with E-state index >= 15 is 0 Å². The van der Waals surface area contributed by atoms with E-state index in [1.165, 1.54) is 0 Å². The number of hydrogen-bond donors (Lipinski definition) is 1. The molecule has 2 rings (SSSR count). The smallest absolute Gasteiger partial charge is 0.315 e. The zero-order chi connectivity index (χ0) is 14.1. The number of para-hydroxylation sites is 1. The Morgan fingerprint density at radius 1 is 1.32 bits per heavy atom. The summed E-state index contributed by atoms with van der Waals surface area (Å²) in [6, 6.07) is 8.91. The van der Waals surface area contributed by atoms with Crippen LogP contribution < -0.4 is 5.32 Å². The van der Waals surface area contributed by atoms with Crippen molar-refractivity contribution in [2.24, 2.45) is 5.41 Å². The number of esters is 1. The van der Waals surface area contributed by atoms with Crippen LogP contribution >= 0.6 is 23.2 Å². The van der Waals surface area contributed by atoms with Gasteiger partial charge in [0.05, 0.1) is 0 Å². The molecule has 0 aliphatic heterocycles. The Hall–Kier alpha value is -1.26. The van der Waals surface area contributed by atoms with Crippen molar-refractivity contribution in [1.82, 2.24) is 0 Å². The molecule has 0 unspecified atom stereocenters. The van der Waals surface area contributed by atoms with Crippen LogP contribution in [0.25, 0.3) is 0 Å². The zero-order valence-electron chi connectivity index (χ0n) is 10.3. The highest BCUT2D eigenvalue weighted by Crippen LogP contribution is 2.64. The number of carbonyl (C=O) groups is 2. The Balaban J connectivity index is 1.80. The highest BCUT2D eigenvalue weighted by molar-refractivity contribution is 6.53. The van der Waals surface area contributed by atoms with Crippen molar-refractivity contribution in [3.05, 3.63) is 30.3 Å². The molecule has 6 heteroatoms. The first kappa shape index (κ1) is 14.2. The second kappa shape index (κ2) is 5.02. The molecule has 102 valence electrons. The SMILES string of the molecule is C[C@@]1(C(=O)OCC(=O)Nc2ccccc2)CC1(Cl)Cl. The van der Waals surface area contributed by atoms with E-state index in [9.17, 15) is 9.59 Å². The van der Waals surface area contributed by atoms with E-state index in [0.29, 0.717) is 12.1 Å². The van der Waals surface area contributed by atoms with Gasteiger partial charge >= 0.3 is 5.97 Å². The highest BCUT2D eigenvalue weighted by atomic mass is 35.5. The average Bonchev–Trinajstić information content (AvgIpc) is 2.88. The Bertz CT molecular complexity index is 504. The van der Waals surface area contributed by atoms with Gasteiger partial charge in [0, 0.05) is 12.1 Å². The summed E-state index contributed by atoms with van der Waals surface area (Å²) in [5, 5.41) is 2.61. The molecule has 0 saturated heterocycles. The van der Waals surface area contributed by atoms with Crippen molar-refractivity contribution in [3.63, 3.8) is 0 Å². The van der Waals surface area contributed by atoms with E-state index in [-0.39, 0.29) is 6.61 Å². The number of ether oxygens (including phenoxy) is 1. The van der Waals surface area contributed by atoms with Crippen molar-refractivity contribution < 1.29 is 14.3 Å². The third-order valence-corrected chi connectivity index (χ3v) is 4.20. The van der Waals surface area contributed by atoms with Crippen molar-refractivity contribution in [2.75, 3.05) is 11.9 Å². The van der Waals surface area contributed by atoms with Crippen LogP contribution in [-0.4, -0.2) is 22.8 Å². The van der Waals surface area contributed by atoms with Gasteiger partial charge in [0.25, 0.3) is 5.91 Å². The monoisotopic (exact) mass is 301 g/mol. The van der Waals surface area contributed by atoms with Crippen molar-refractivity contribution in [3.8, 4) is 0 Å². The quantitative estimate of drug-likeness (QED) is 0.687. The standard InChI is InChI=1S/C13H13Cl2NO3/c1-12(8-13(12,14)15)11(18)19-7-10(17)16-9-5-3-2-4-6-9/h2-6H,7-8H2,1H3,(H,16,17)/t12-/m0/s1. The van der Waals surface area contributed by atoms with E-state index < -0.39 is 21.6 Å². The normalized spacial score (nSPS) is 23.5. The number of alkyl halides is 2. The molecule has 1 fully saturated rings. The predicted octanol–water partition coefficient (Wildman–Crippen LogP) is 2.75. The first-order valence-corrected chi connectivity index (χ1v) is 6.51. The molecule has 19 heavy (non-hydrogen) atoms. The van der Waals surface area contributed by atoms with E-state index in [0.717, 1.165) is 0 Å². The lowest BCUT2D eigenvalue weighted by molar-refractivity contribution is -0.152. The molecule has 1 aliphatic carbocycles. The summed E-state index contributed by atoms with van der Waals surface area (Å²) < 4.78 is 3.84. The number of anilines is 1. The van der Waals surface area contributed by atoms with Crippen LogP contribution in [0.5, 0.6) is 0 Å². The summed E-state index contributed by atoms with van der Waals surface area (Å²) in [5.74, 6) is -0.959. The van der Waals surface area contributed by atoms with E-state index in [4.69, 9.17) is 27.9 Å². The van der Waals surface area contributed by atoms with Gasteiger partial charge in [0.2, 0.25) is 0 Å². The third-order valence-electron chi connectivity index (χ3n) is 3.10. The summed E-state index contributed by atoms with van der Waals surface area (Å²) in [7, 11) is 0. The maximum Gasteiger partial charge on any atom is 0.315 e. The summed E-state index contributed by atoms with van der Waals surface area (Å²) >= 11 is 11.7. The summed E-state index contributed by atoms with van der Waals surface area (Å²) in [6.45, 7) is 1.26. The third kappa shape index (κ3) is 3.01. The topological polar surface area (TPSA) is 55.4 Å². The molecular formula is C13H13Cl2NO3. The minimum absolute atomic E-state index is 0.336. The second-order valence-electron chi connectivity index (χ2n) is 4.70. The number of hydrogen-bond acceptors (Lipinski definition) is 3. The molecule has 0 aromatic heterocycles. The maximum atomic E-state index is 11.7. The summed E-state index contributed by atoms with van der Waals surface area (Å²) in [6.07, 6.45) is 0.336. The fourth-order valence-corrected chi connectivity index (χ4v) is 2.32. The van der Waals surface area contributed by atoms with Crippen LogP contribution in [0.4, 0.5) is 5.69 Å². The second-order valence-corrected chi connectivity index (χ2v) is 6.19. The maximum absolute atomic E-state index is 11.7. The van der Waals surface area contributed by atoms with E-state index in [1.54, 1.807) is 31.2 Å². The molecule has 1 N–H and O–H groups in total. The first-order chi connectivity index (χ1) is 8.85. The van der Waals surface area contributed by atoms with Gasteiger partial charge in [-0.2, -0.15) is 0 Å². The fraction of sp³-hybridized carbons (Fsp3) is 0.385. The van der Waals surface area contributed by atoms with E-state index in [1.807, 2.05) is 6.07 Å². The molecule has 1 aromatic carbocycles. The molecule has 1 aromatic rings. The zero-order valence-corrected chi connectivity index (χ0v) is 11.8. The minimum Gasteiger partial charge on any atom is -0.455 e. The molecule has 1 amide bonds. The molecule has 0 radical (unpaired) electrons. The summed E-state index contributed by atoms with van der Waals surface area (Å²) in [5.41, 5.74) is -0.270. The number of halogens is 2. The Kier molecular flexibility index (Phi) is 3.74. The van der Waals surface area contributed by atoms with Crippen LogP contribution in [-0.2, 0) is 14.3 Å². The van der Waals surface area contributed by atoms with Gasteiger partial charge in [-0.1, -0.05) is 18.2 Å². The van der Waals surface area contributed by atoms with E-state index in [2.05, 4.69) is 5.32 Å². The molecule has 1 atom stereocenters. The lowest BCUT2D eigenvalue weighted by Crippen LogP contribution is -2.26. The number of benzene rings is 1. The molecule has 1 saturated carbocycles. The van der Waals surface area contributed by atoms with Gasteiger partial charge < -0.3 is 10.1 Å². The molecular weight excluding hydrogens is 289 g/mol. The van der Waals surface area contributed by atoms with Gasteiger partial charge in [0.1, 0.15) is 9.75 Å². The molecule has 0 spiro atoms. The van der Waals surface area contributed by atoms with Crippen molar-refractivity contribution in [2.45, 2.75) is 17.7 Å². The Morgan fingerprint density at radius 2 is 1.89 bits per heavy atom. The Morgan fingerprint density at radius 3 is 2.42 bits per heavy atom. The predicted molar refractivity (Wildman–Crippen MR) is 73.2 cm³/mol. The number of rotatable bonds is 4. The van der Waals surface area contributed by atoms with Crippen LogP contribution in [0.15, 0.2) is 30.3 Å². The molecule has 4 nitrogen and oxygen atoms in total. The summed E-state index contributed by atoms with van der Waals surface area (Å²) in [4.78, 5) is 23.3. The first-order valence-electron chi connectivity index (χ1n) is 5.75. The number of nitrogens with one attached hydrogen (secondary N) is 1. The largest absolute Gasteiger partial charge is 0.455 e. The van der Waals surface area contributed by atoms with Crippen LogP contribution in [0.1, 0.15) is 13.3 Å². The molecule has 1 aliphatic rings. The van der Waals surface area contributed by atoms with Gasteiger partial charge in [-0.05, 0) is 19.1 Å². The lowest BCUT2D eigenvalue weighted by Gasteiger charge is -2.11. The average molecular weight is 302 g/mol. The van der Waals surface area contributed by atoms with Crippen molar-refractivity contribution >= 4 is 40.8 Å². The number of amides is 1. The van der Waals surface area contributed by atoms with Crippen molar-refractivity contribution in [1.29, 1.82) is 0 Å². The Labute approximate surface area is 121 Å². The lowest BCUT2D eigenvalue weighted by atomic mass is 10.1. The van der Waals surface area contributed by atoms with Crippen LogP contribution in [0, 0.1) is 5.41 Å².